The van der Waals surface area contributed by atoms with E-state index in [0.29, 0.717) is 0 Å². The van der Waals surface area contributed by atoms with E-state index in [-0.39, 0.29) is 0 Å². The van der Waals surface area contributed by atoms with Gasteiger partial charge < -0.3 is 4.55 Å². The average molecular weight is 207 g/mol. The summed E-state index contributed by atoms with van der Waals surface area (Å²) in [7, 11) is -4.65. The first-order valence-electron chi connectivity index (χ1n) is 3.55. The fraction of sp³-hybridized carbons (Fsp3) is 0.714. The second kappa shape index (κ2) is 3.55. The lowest BCUT2D eigenvalue weighted by atomic mass is 9.89. The van der Waals surface area contributed by atoms with Crippen LogP contribution in [0, 0.1) is 5.41 Å². The molecule has 0 aromatic rings. The molecule has 0 rings (SSSR count). The third-order valence-corrected chi connectivity index (χ3v) is 1.86. The van der Waals surface area contributed by atoms with Crippen LogP contribution in [-0.2, 0) is 19.7 Å². The van der Waals surface area contributed by atoms with Gasteiger partial charge in [0.15, 0.2) is 0 Å². The van der Waals surface area contributed by atoms with E-state index >= 15 is 0 Å². The van der Waals surface area contributed by atoms with E-state index in [1.807, 2.05) is 0 Å². The Morgan fingerprint density at radius 3 is 1.85 bits per heavy atom. The molecule has 0 aliphatic heterocycles. The molecule has 0 spiro atoms. The van der Waals surface area contributed by atoms with Crippen molar-refractivity contribution in [1.29, 1.82) is 0 Å². The van der Waals surface area contributed by atoms with E-state index in [1.54, 1.807) is 0 Å². The van der Waals surface area contributed by atoms with Crippen LogP contribution in [0.2, 0.25) is 0 Å². The molecule has 0 radical (unpaired) electrons. The number of ketones is 2. The molecule has 0 amide bonds. The highest BCUT2D eigenvalue weighted by Gasteiger charge is 2.28. The molecule has 0 aromatic carbocycles. The van der Waals surface area contributed by atoms with Gasteiger partial charge in [-0.2, -0.15) is 0 Å². The number of hydrogen-bond acceptors (Lipinski definition) is 5. The van der Waals surface area contributed by atoms with Crippen LogP contribution in [0.3, 0.4) is 0 Å². The fourth-order valence-corrected chi connectivity index (χ4v) is 1.10. The summed E-state index contributed by atoms with van der Waals surface area (Å²) in [6.45, 7) is 4.43. The monoisotopic (exact) mass is 207 g/mol. The summed E-state index contributed by atoms with van der Waals surface area (Å²) in [4.78, 5) is 22.0. The van der Waals surface area contributed by atoms with Crippen molar-refractivity contribution >= 4 is 21.7 Å². The van der Waals surface area contributed by atoms with E-state index in [9.17, 15) is 22.6 Å². The topological polar surface area (TPSA) is 91.3 Å². The van der Waals surface area contributed by atoms with Crippen LogP contribution in [0.5, 0.6) is 0 Å². The largest absolute Gasteiger partial charge is 0.748 e. The van der Waals surface area contributed by atoms with Crippen LogP contribution in [0.4, 0.5) is 0 Å². The van der Waals surface area contributed by atoms with Gasteiger partial charge in [-0.15, -0.1) is 0 Å². The minimum absolute atomic E-state index is 0.841. The number of hydrogen-bond donors (Lipinski definition) is 0. The van der Waals surface area contributed by atoms with Gasteiger partial charge in [-0.05, 0) is 0 Å². The van der Waals surface area contributed by atoms with Crippen LogP contribution in [0.25, 0.3) is 0 Å². The second-order valence-electron chi connectivity index (χ2n) is 3.70. The minimum Gasteiger partial charge on any atom is -0.748 e. The van der Waals surface area contributed by atoms with Gasteiger partial charge in [0.25, 0.3) is 0 Å². The smallest absolute Gasteiger partial charge is 0.212 e. The molecule has 0 saturated heterocycles. The van der Waals surface area contributed by atoms with Crippen LogP contribution < -0.4 is 0 Å². The average Bonchev–Trinajstić information content (AvgIpc) is 1.79. The van der Waals surface area contributed by atoms with Crippen molar-refractivity contribution in [2.75, 3.05) is 5.75 Å². The fourth-order valence-electron chi connectivity index (χ4n) is 0.644. The number of Topliss-reactive ketones (excluding diaryl/α,β-unsaturated/α-hetero) is 2. The van der Waals surface area contributed by atoms with Crippen molar-refractivity contribution in [2.24, 2.45) is 5.41 Å². The normalized spacial score (nSPS) is 12.6. The Kier molecular flexibility index (Phi) is 3.34. The zero-order valence-corrected chi connectivity index (χ0v) is 8.47. The Hall–Kier alpha value is -0.750. The Morgan fingerprint density at radius 2 is 1.62 bits per heavy atom. The summed E-state index contributed by atoms with van der Waals surface area (Å²) in [5.74, 6) is -3.24. The maximum absolute atomic E-state index is 11.1. The first-order chi connectivity index (χ1) is 5.54. The molecule has 0 aliphatic carbocycles. The Labute approximate surface area is 76.9 Å². The predicted octanol–water partition coefficient (Wildman–Crippen LogP) is -0.284. The zero-order chi connectivity index (χ0) is 10.9. The standard InChI is InChI=1S/C7H12O5S/c1-7(2,3)6(9)5(8)4-13(10,11)12/h4H2,1-3H3,(H,10,11,12)/p-1. The molecule has 5 nitrogen and oxygen atoms in total. The summed E-state index contributed by atoms with van der Waals surface area (Å²) >= 11 is 0. The highest BCUT2D eigenvalue weighted by Crippen LogP contribution is 2.15. The van der Waals surface area contributed by atoms with E-state index < -0.39 is 32.9 Å². The lowest BCUT2D eigenvalue weighted by Gasteiger charge is -2.15. The summed E-state index contributed by atoms with van der Waals surface area (Å²) < 4.78 is 30.4. The molecule has 6 heteroatoms. The Bertz CT molecular complexity index is 319. The van der Waals surface area contributed by atoms with Crippen LogP contribution in [0.15, 0.2) is 0 Å². The van der Waals surface area contributed by atoms with Gasteiger partial charge in [0.1, 0.15) is 15.9 Å². The van der Waals surface area contributed by atoms with Crippen molar-refractivity contribution in [3.63, 3.8) is 0 Å². The van der Waals surface area contributed by atoms with Gasteiger partial charge >= 0.3 is 0 Å². The molecule has 0 heterocycles. The van der Waals surface area contributed by atoms with E-state index in [1.165, 1.54) is 20.8 Å². The molecule has 0 fully saturated rings. The van der Waals surface area contributed by atoms with Crippen molar-refractivity contribution in [3.8, 4) is 0 Å². The van der Waals surface area contributed by atoms with Crippen LogP contribution in [0.1, 0.15) is 20.8 Å². The summed E-state index contributed by atoms with van der Waals surface area (Å²) in [6, 6.07) is 0. The quantitative estimate of drug-likeness (QED) is 0.468. The molecule has 0 N–H and O–H groups in total. The Balaban J connectivity index is 4.58. The van der Waals surface area contributed by atoms with Gasteiger partial charge in [-0.3, -0.25) is 9.59 Å². The molecule has 0 atom stereocenters. The SMILES string of the molecule is CC(C)(C)C(=O)C(=O)CS(=O)(=O)[O-]. The molecule has 76 valence electrons. The predicted molar refractivity (Wildman–Crippen MR) is 44.0 cm³/mol. The number of carbonyl (C=O) groups excluding carboxylic acids is 2. The molecular formula is C7H11O5S-. The molecule has 0 bridgehead atoms. The third-order valence-electron chi connectivity index (χ3n) is 1.24. The van der Waals surface area contributed by atoms with E-state index in [2.05, 4.69) is 0 Å². The third kappa shape index (κ3) is 4.74. The Morgan fingerprint density at radius 1 is 1.23 bits per heavy atom. The van der Waals surface area contributed by atoms with Crippen LogP contribution >= 0.6 is 0 Å². The molecule has 13 heavy (non-hydrogen) atoms. The highest BCUT2D eigenvalue weighted by molar-refractivity contribution is 7.86. The van der Waals surface area contributed by atoms with Crippen molar-refractivity contribution < 1.29 is 22.6 Å². The van der Waals surface area contributed by atoms with E-state index in [0.717, 1.165) is 0 Å². The van der Waals surface area contributed by atoms with E-state index in [4.69, 9.17) is 0 Å². The second-order valence-corrected chi connectivity index (χ2v) is 5.11. The number of carbonyl (C=O) groups is 2. The summed E-state index contributed by atoms with van der Waals surface area (Å²) in [5, 5.41) is 0. The van der Waals surface area contributed by atoms with Gasteiger partial charge in [0.2, 0.25) is 11.6 Å². The molecule has 0 saturated carbocycles. The first kappa shape index (κ1) is 12.2. The lowest BCUT2D eigenvalue weighted by Crippen LogP contribution is -2.33. The van der Waals surface area contributed by atoms with Crippen molar-refractivity contribution in [2.45, 2.75) is 20.8 Å². The zero-order valence-electron chi connectivity index (χ0n) is 7.66. The van der Waals surface area contributed by atoms with Crippen LogP contribution in [-0.4, -0.2) is 30.3 Å². The molecule has 0 aliphatic rings. The minimum atomic E-state index is -4.65. The number of rotatable bonds is 3. The van der Waals surface area contributed by atoms with Crippen molar-refractivity contribution in [1.82, 2.24) is 0 Å². The highest BCUT2D eigenvalue weighted by atomic mass is 32.2. The lowest BCUT2D eigenvalue weighted by molar-refractivity contribution is -0.139. The molecule has 0 unspecified atom stereocenters. The molecular weight excluding hydrogens is 196 g/mol. The first-order valence-corrected chi connectivity index (χ1v) is 5.13. The molecule has 0 aromatic heterocycles. The van der Waals surface area contributed by atoms with Gasteiger partial charge in [0.05, 0.1) is 0 Å². The maximum Gasteiger partial charge on any atom is 0.212 e. The summed E-state index contributed by atoms with van der Waals surface area (Å²) in [5.41, 5.74) is -0.943. The van der Waals surface area contributed by atoms with Crippen molar-refractivity contribution in [3.05, 3.63) is 0 Å². The van der Waals surface area contributed by atoms with Gasteiger partial charge in [0, 0.05) is 5.41 Å². The van der Waals surface area contributed by atoms with Gasteiger partial charge in [-0.25, -0.2) is 8.42 Å². The van der Waals surface area contributed by atoms with Gasteiger partial charge in [-0.1, -0.05) is 20.8 Å². The summed E-state index contributed by atoms with van der Waals surface area (Å²) in [6.07, 6.45) is 0. The maximum atomic E-state index is 11.1.